The third kappa shape index (κ3) is 5.57. The number of para-hydroxylation sites is 1. The highest BCUT2D eigenvalue weighted by Crippen LogP contribution is 2.30. The molecule has 6 nitrogen and oxygen atoms in total. The first-order chi connectivity index (χ1) is 17.9. The number of hydrogen-bond acceptors (Lipinski definition) is 4. The highest BCUT2D eigenvalue weighted by Gasteiger charge is 2.30. The molecule has 192 valence electrons. The number of hydrogen-bond donors (Lipinski definition) is 0. The molecule has 8 heteroatoms. The molecule has 4 rings (SSSR count). The number of ether oxygens (including phenoxy) is 1. The number of fused-ring (bicyclic) bond motifs is 1. The molecule has 1 amide bonds. The summed E-state index contributed by atoms with van der Waals surface area (Å²) in [5, 5.41) is 1.21. The van der Waals surface area contributed by atoms with E-state index < -0.39 is 6.04 Å². The number of carbonyl (C=O) groups excluding carboxylic acids is 1. The van der Waals surface area contributed by atoms with Crippen molar-refractivity contribution in [2.45, 2.75) is 32.7 Å². The quantitative estimate of drug-likeness (QED) is 0.244. The van der Waals surface area contributed by atoms with Crippen LogP contribution in [-0.2, 0) is 11.2 Å². The van der Waals surface area contributed by atoms with E-state index in [0.29, 0.717) is 46.0 Å². The maximum atomic E-state index is 13.9. The monoisotopic (exact) mass is 537 g/mol. The molecule has 0 aliphatic carbocycles. The summed E-state index contributed by atoms with van der Waals surface area (Å²) in [7, 11) is 1.58. The van der Waals surface area contributed by atoms with Gasteiger partial charge in [0.05, 0.1) is 39.8 Å². The molecule has 1 atom stereocenters. The Kier molecular flexibility index (Phi) is 8.64. The van der Waals surface area contributed by atoms with Crippen LogP contribution in [0.4, 0.5) is 0 Å². The number of nitrogens with zero attached hydrogens (tertiary/aromatic N) is 3. The fourth-order valence-corrected chi connectivity index (χ4v) is 4.94. The van der Waals surface area contributed by atoms with Gasteiger partial charge in [0.25, 0.3) is 11.5 Å². The zero-order valence-electron chi connectivity index (χ0n) is 21.1. The van der Waals surface area contributed by atoms with Gasteiger partial charge in [0, 0.05) is 18.7 Å². The second kappa shape index (κ2) is 11.9. The van der Waals surface area contributed by atoms with Gasteiger partial charge < -0.3 is 9.64 Å². The van der Waals surface area contributed by atoms with E-state index in [2.05, 4.69) is 6.92 Å². The lowest BCUT2D eigenvalue weighted by Crippen LogP contribution is -2.40. The summed E-state index contributed by atoms with van der Waals surface area (Å²) in [6.07, 6.45) is 1.40. The van der Waals surface area contributed by atoms with E-state index in [1.807, 2.05) is 49.4 Å². The summed E-state index contributed by atoms with van der Waals surface area (Å²) in [6.45, 7) is 4.63. The zero-order valence-corrected chi connectivity index (χ0v) is 22.6. The highest BCUT2D eigenvalue weighted by atomic mass is 35.5. The van der Waals surface area contributed by atoms with E-state index in [1.54, 1.807) is 40.8 Å². The maximum absolute atomic E-state index is 13.9. The molecular formula is C29H29Cl2N3O3. The van der Waals surface area contributed by atoms with Gasteiger partial charge in [-0.1, -0.05) is 61.3 Å². The lowest BCUT2D eigenvalue weighted by molar-refractivity contribution is 0.0579. The molecule has 4 aromatic rings. The van der Waals surface area contributed by atoms with E-state index >= 15 is 0 Å². The van der Waals surface area contributed by atoms with Crippen LogP contribution in [0.25, 0.3) is 16.6 Å². The topological polar surface area (TPSA) is 64.4 Å². The summed E-state index contributed by atoms with van der Waals surface area (Å²) in [5.74, 6) is 0.186. The van der Waals surface area contributed by atoms with Crippen LogP contribution in [0.1, 0.15) is 48.1 Å². The number of carbonyl (C=O) groups is 1. The van der Waals surface area contributed by atoms with Gasteiger partial charge >= 0.3 is 0 Å². The third-order valence-electron chi connectivity index (χ3n) is 6.42. The molecule has 0 bridgehead atoms. The first kappa shape index (κ1) is 26.9. The average molecular weight is 538 g/mol. The second-order valence-corrected chi connectivity index (χ2v) is 9.53. The molecule has 0 N–H and O–H groups in total. The summed E-state index contributed by atoms with van der Waals surface area (Å²) < 4.78 is 6.95. The molecule has 1 heterocycles. The molecule has 1 unspecified atom stereocenters. The predicted molar refractivity (Wildman–Crippen MR) is 149 cm³/mol. The van der Waals surface area contributed by atoms with E-state index in [-0.39, 0.29) is 23.0 Å². The SMILES string of the molecule is CCc1ccc(-n2c(C(CC)N(CCOC)C(=O)c3ccc(Cl)cc3Cl)nc3ccccc3c2=O)cc1. The minimum absolute atomic E-state index is 0.188. The molecule has 0 saturated carbocycles. The van der Waals surface area contributed by atoms with E-state index in [0.717, 1.165) is 12.0 Å². The molecule has 0 aliphatic heterocycles. The third-order valence-corrected chi connectivity index (χ3v) is 6.97. The van der Waals surface area contributed by atoms with E-state index in [4.69, 9.17) is 32.9 Å². The van der Waals surface area contributed by atoms with Crippen molar-refractivity contribution < 1.29 is 9.53 Å². The smallest absolute Gasteiger partial charge is 0.266 e. The molecule has 0 spiro atoms. The van der Waals surface area contributed by atoms with E-state index in [1.165, 1.54) is 0 Å². The van der Waals surface area contributed by atoms with Gasteiger partial charge in [-0.25, -0.2) is 4.98 Å². The zero-order chi connectivity index (χ0) is 26.5. The largest absolute Gasteiger partial charge is 0.383 e. The van der Waals surface area contributed by atoms with Crippen molar-refractivity contribution >= 4 is 40.0 Å². The van der Waals surface area contributed by atoms with Gasteiger partial charge in [-0.05, 0) is 60.9 Å². The van der Waals surface area contributed by atoms with Gasteiger partial charge in [0.15, 0.2) is 0 Å². The van der Waals surface area contributed by atoms with Crippen LogP contribution in [0.15, 0.2) is 71.5 Å². The van der Waals surface area contributed by atoms with Crippen LogP contribution in [0.3, 0.4) is 0 Å². The number of methoxy groups -OCH3 is 1. The van der Waals surface area contributed by atoms with Crippen molar-refractivity contribution in [1.29, 1.82) is 0 Å². The lowest BCUT2D eigenvalue weighted by atomic mass is 10.1. The summed E-state index contributed by atoms with van der Waals surface area (Å²) in [4.78, 5) is 34.3. The Balaban J connectivity index is 1.93. The standard InChI is InChI=1S/C29H29Cl2N3O3/c1-4-19-10-13-21(14-11-19)34-27(32-25-9-7-6-8-23(25)29(34)36)26(5-2)33(16-17-37-3)28(35)22-15-12-20(30)18-24(22)31/h6-15,18,26H,4-5,16-17H2,1-3H3. The Bertz CT molecular complexity index is 1470. The number of amides is 1. The number of aromatic nitrogens is 2. The van der Waals surface area contributed by atoms with Crippen molar-refractivity contribution in [3.63, 3.8) is 0 Å². The van der Waals surface area contributed by atoms with Crippen LogP contribution in [0, 0.1) is 0 Å². The molecule has 1 aromatic heterocycles. The molecular weight excluding hydrogens is 509 g/mol. The molecule has 0 aliphatic rings. The number of benzene rings is 3. The highest BCUT2D eigenvalue weighted by molar-refractivity contribution is 6.36. The van der Waals surface area contributed by atoms with E-state index in [9.17, 15) is 9.59 Å². The minimum Gasteiger partial charge on any atom is -0.383 e. The molecule has 0 saturated heterocycles. The Morgan fingerprint density at radius 1 is 1.05 bits per heavy atom. The fraction of sp³-hybridized carbons (Fsp3) is 0.276. The van der Waals surface area contributed by atoms with Crippen molar-refractivity contribution in [3.05, 3.63) is 104 Å². The second-order valence-electron chi connectivity index (χ2n) is 8.69. The Morgan fingerprint density at radius 2 is 1.78 bits per heavy atom. The summed E-state index contributed by atoms with van der Waals surface area (Å²) >= 11 is 12.5. The first-order valence-corrected chi connectivity index (χ1v) is 13.0. The van der Waals surface area contributed by atoms with Crippen LogP contribution in [0.5, 0.6) is 0 Å². The van der Waals surface area contributed by atoms with Gasteiger partial charge in [0.1, 0.15) is 5.82 Å². The minimum atomic E-state index is -0.530. The molecule has 37 heavy (non-hydrogen) atoms. The van der Waals surface area contributed by atoms with Gasteiger partial charge in [-0.15, -0.1) is 0 Å². The van der Waals surface area contributed by atoms with Gasteiger partial charge in [-0.2, -0.15) is 0 Å². The van der Waals surface area contributed by atoms with Gasteiger partial charge in [0.2, 0.25) is 0 Å². The maximum Gasteiger partial charge on any atom is 0.266 e. The first-order valence-electron chi connectivity index (χ1n) is 12.3. The van der Waals surface area contributed by atoms with Crippen molar-refractivity contribution in [3.8, 4) is 5.69 Å². The fourth-order valence-electron chi connectivity index (χ4n) is 4.45. The van der Waals surface area contributed by atoms with Crippen LogP contribution in [-0.4, -0.2) is 40.6 Å². The molecule has 0 radical (unpaired) electrons. The van der Waals surface area contributed by atoms with Gasteiger partial charge in [-0.3, -0.25) is 14.2 Å². The van der Waals surface area contributed by atoms with Crippen molar-refractivity contribution in [2.24, 2.45) is 0 Å². The molecule has 0 fully saturated rings. The summed E-state index contributed by atoms with van der Waals surface area (Å²) in [5.41, 5.74) is 2.56. The number of aryl methyl sites for hydroxylation is 1. The Hall–Kier alpha value is -3.19. The van der Waals surface area contributed by atoms with Crippen molar-refractivity contribution in [1.82, 2.24) is 14.5 Å². The van der Waals surface area contributed by atoms with Crippen LogP contribution >= 0.6 is 23.2 Å². The average Bonchev–Trinajstić information content (AvgIpc) is 2.91. The number of halogens is 2. The number of rotatable bonds is 9. The molecule has 3 aromatic carbocycles. The Labute approximate surface area is 226 Å². The van der Waals surface area contributed by atoms with Crippen molar-refractivity contribution in [2.75, 3.05) is 20.3 Å². The lowest BCUT2D eigenvalue weighted by Gasteiger charge is -2.32. The normalized spacial score (nSPS) is 12.0. The predicted octanol–water partition coefficient (Wildman–Crippen LogP) is 6.49. The van der Waals surface area contributed by atoms with Crippen LogP contribution < -0.4 is 5.56 Å². The summed E-state index contributed by atoms with van der Waals surface area (Å²) in [6, 6.07) is 19.4. The Morgan fingerprint density at radius 3 is 2.43 bits per heavy atom. The van der Waals surface area contributed by atoms with Crippen LogP contribution in [0.2, 0.25) is 10.0 Å².